The lowest BCUT2D eigenvalue weighted by atomic mass is 10.0. The van der Waals surface area contributed by atoms with E-state index < -0.39 is 40.7 Å². The van der Waals surface area contributed by atoms with Crippen LogP contribution in [0.25, 0.3) is 0 Å². The number of anilines is 3. The number of alkyl halides is 3. The second kappa shape index (κ2) is 11.0. The number of esters is 1. The van der Waals surface area contributed by atoms with Gasteiger partial charge in [-0.05, 0) is 68.4 Å². The van der Waals surface area contributed by atoms with Crippen LogP contribution in [-0.4, -0.2) is 35.5 Å². The van der Waals surface area contributed by atoms with E-state index in [2.05, 4.69) is 5.32 Å². The first-order valence-electron chi connectivity index (χ1n) is 11.9. The molecule has 1 aliphatic rings. The van der Waals surface area contributed by atoms with Crippen LogP contribution < -0.4 is 10.2 Å². The Morgan fingerprint density at radius 2 is 1.73 bits per heavy atom. The summed E-state index contributed by atoms with van der Waals surface area (Å²) in [5.74, 6) is -1.28. The maximum atomic E-state index is 13.6. The standard InChI is InChI=1S/C28H21Cl2F3N4O4/c1-27(2)25(39)37(19-9-6-16(13-34)21(12-19)28(31,32)33)26(40)36(27)14-20-22(30)10-17(29)11-23(20)35-18-7-4-15(5-8-18)24(38)41-3/h4-12,35H,14H2,1-3H3. The zero-order valence-electron chi connectivity index (χ0n) is 21.8. The van der Waals surface area contributed by atoms with Crippen LogP contribution >= 0.6 is 23.2 Å². The van der Waals surface area contributed by atoms with Gasteiger partial charge < -0.3 is 15.0 Å². The summed E-state index contributed by atoms with van der Waals surface area (Å²) in [4.78, 5) is 40.6. The highest BCUT2D eigenvalue weighted by molar-refractivity contribution is 6.35. The highest BCUT2D eigenvalue weighted by Gasteiger charge is 2.52. The smallest absolute Gasteiger partial charge is 0.417 e. The van der Waals surface area contributed by atoms with Crippen LogP contribution in [0.2, 0.25) is 10.0 Å². The van der Waals surface area contributed by atoms with Crippen LogP contribution in [-0.2, 0) is 22.3 Å². The Hall–Kier alpha value is -4.27. The summed E-state index contributed by atoms with van der Waals surface area (Å²) in [5, 5.41) is 12.7. The van der Waals surface area contributed by atoms with Crippen molar-refractivity contribution in [2.45, 2.75) is 32.1 Å². The van der Waals surface area contributed by atoms with Gasteiger partial charge in [0.05, 0.1) is 42.1 Å². The van der Waals surface area contributed by atoms with Gasteiger partial charge in [0.15, 0.2) is 0 Å². The van der Waals surface area contributed by atoms with E-state index in [4.69, 9.17) is 33.2 Å². The highest BCUT2D eigenvalue weighted by atomic mass is 35.5. The summed E-state index contributed by atoms with van der Waals surface area (Å²) >= 11 is 12.8. The van der Waals surface area contributed by atoms with Gasteiger partial charge in [-0.2, -0.15) is 18.4 Å². The zero-order chi connectivity index (χ0) is 30.3. The molecular weight excluding hydrogens is 584 g/mol. The molecule has 1 N–H and O–H groups in total. The third-order valence-corrected chi connectivity index (χ3v) is 7.13. The molecule has 0 bridgehead atoms. The lowest BCUT2D eigenvalue weighted by Gasteiger charge is -2.29. The number of rotatable bonds is 6. The molecule has 41 heavy (non-hydrogen) atoms. The molecule has 0 saturated carbocycles. The van der Waals surface area contributed by atoms with Crippen LogP contribution in [0.5, 0.6) is 0 Å². The minimum Gasteiger partial charge on any atom is -0.465 e. The Bertz CT molecular complexity index is 1600. The molecule has 3 aromatic carbocycles. The summed E-state index contributed by atoms with van der Waals surface area (Å²) in [6.07, 6.45) is -4.88. The van der Waals surface area contributed by atoms with E-state index in [9.17, 15) is 27.6 Å². The predicted molar refractivity (Wildman–Crippen MR) is 146 cm³/mol. The number of nitrogens with zero attached hydrogens (tertiary/aromatic N) is 3. The average Bonchev–Trinajstić information content (AvgIpc) is 3.08. The first-order chi connectivity index (χ1) is 19.2. The van der Waals surface area contributed by atoms with Crippen LogP contribution in [0.15, 0.2) is 54.6 Å². The molecule has 4 rings (SSSR count). The summed E-state index contributed by atoms with van der Waals surface area (Å²) in [5.41, 5.74) is -2.08. The van der Waals surface area contributed by atoms with Gasteiger partial charge in [0, 0.05) is 27.0 Å². The van der Waals surface area contributed by atoms with Crippen molar-refractivity contribution >= 4 is 58.2 Å². The van der Waals surface area contributed by atoms with E-state index in [1.54, 1.807) is 18.2 Å². The monoisotopic (exact) mass is 604 g/mol. The number of carbonyl (C=O) groups excluding carboxylic acids is 3. The van der Waals surface area contributed by atoms with E-state index in [1.165, 1.54) is 50.1 Å². The van der Waals surface area contributed by atoms with E-state index in [-0.39, 0.29) is 22.3 Å². The summed E-state index contributed by atoms with van der Waals surface area (Å²) < 4.78 is 45.5. The third-order valence-electron chi connectivity index (χ3n) is 6.57. The van der Waals surface area contributed by atoms with E-state index in [0.717, 1.165) is 12.1 Å². The molecule has 0 unspecified atom stereocenters. The number of urea groups is 1. The number of nitrogens with one attached hydrogen (secondary N) is 1. The average molecular weight is 605 g/mol. The van der Waals surface area contributed by atoms with Gasteiger partial charge in [0.1, 0.15) is 5.54 Å². The SMILES string of the molecule is COC(=O)c1ccc(Nc2cc(Cl)cc(Cl)c2CN2C(=O)N(c3ccc(C#N)c(C(F)(F)F)c3)C(=O)C2(C)C)cc1. The predicted octanol–water partition coefficient (Wildman–Crippen LogP) is 7.16. The minimum absolute atomic E-state index is 0.165. The van der Waals surface area contributed by atoms with Crippen molar-refractivity contribution < 1.29 is 32.3 Å². The Labute approximate surface area is 242 Å². The lowest BCUT2D eigenvalue weighted by molar-refractivity contribution is -0.137. The summed E-state index contributed by atoms with van der Waals surface area (Å²) in [6.45, 7) is 2.71. The van der Waals surface area contributed by atoms with Crippen molar-refractivity contribution in [3.8, 4) is 6.07 Å². The molecule has 0 aromatic heterocycles. The Morgan fingerprint density at radius 1 is 1.07 bits per heavy atom. The molecule has 13 heteroatoms. The van der Waals surface area contributed by atoms with E-state index in [1.807, 2.05) is 0 Å². The topological polar surface area (TPSA) is 103 Å². The Morgan fingerprint density at radius 3 is 2.32 bits per heavy atom. The Kier molecular flexibility index (Phi) is 7.94. The van der Waals surface area contributed by atoms with E-state index in [0.29, 0.717) is 33.5 Å². The molecule has 0 atom stereocenters. The second-order valence-electron chi connectivity index (χ2n) is 9.52. The molecular formula is C28H21Cl2F3N4O4. The van der Waals surface area contributed by atoms with Crippen molar-refractivity contribution in [1.82, 2.24) is 4.90 Å². The molecule has 1 heterocycles. The third kappa shape index (κ3) is 5.66. The molecule has 1 aliphatic heterocycles. The van der Waals surface area contributed by atoms with E-state index >= 15 is 0 Å². The number of nitriles is 1. The quantitative estimate of drug-likeness (QED) is 0.236. The summed E-state index contributed by atoms with van der Waals surface area (Å²) in [7, 11) is 1.26. The fourth-order valence-electron chi connectivity index (χ4n) is 4.33. The maximum absolute atomic E-state index is 13.6. The number of halogens is 5. The summed E-state index contributed by atoms with van der Waals surface area (Å²) in [6, 6.07) is 12.5. The van der Waals surface area contributed by atoms with Crippen molar-refractivity contribution in [1.29, 1.82) is 5.26 Å². The molecule has 0 aliphatic carbocycles. The number of ether oxygens (including phenoxy) is 1. The first-order valence-corrected chi connectivity index (χ1v) is 12.7. The molecule has 1 fully saturated rings. The number of methoxy groups -OCH3 is 1. The van der Waals surface area contributed by atoms with Gasteiger partial charge in [-0.15, -0.1) is 0 Å². The molecule has 1 saturated heterocycles. The van der Waals surface area contributed by atoms with Crippen LogP contribution in [0.1, 0.15) is 40.9 Å². The van der Waals surface area contributed by atoms with Gasteiger partial charge in [0.2, 0.25) is 0 Å². The Balaban J connectivity index is 1.70. The van der Waals surface area contributed by atoms with Gasteiger partial charge >= 0.3 is 18.2 Å². The second-order valence-corrected chi connectivity index (χ2v) is 10.4. The highest BCUT2D eigenvalue weighted by Crippen LogP contribution is 2.40. The number of hydrogen-bond acceptors (Lipinski definition) is 6. The normalized spacial score (nSPS) is 14.7. The van der Waals surface area contributed by atoms with Crippen molar-refractivity contribution in [2.75, 3.05) is 17.3 Å². The van der Waals surface area contributed by atoms with Gasteiger partial charge in [-0.25, -0.2) is 14.5 Å². The van der Waals surface area contributed by atoms with Gasteiger partial charge in [0.25, 0.3) is 5.91 Å². The fourth-order valence-corrected chi connectivity index (χ4v) is 4.88. The number of amides is 3. The van der Waals surface area contributed by atoms with Gasteiger partial charge in [-0.3, -0.25) is 4.79 Å². The zero-order valence-corrected chi connectivity index (χ0v) is 23.3. The number of hydrogen-bond donors (Lipinski definition) is 1. The van der Waals surface area contributed by atoms with Crippen molar-refractivity contribution in [2.24, 2.45) is 0 Å². The first kappa shape index (κ1) is 29.7. The largest absolute Gasteiger partial charge is 0.465 e. The molecule has 0 radical (unpaired) electrons. The van der Waals surface area contributed by atoms with Gasteiger partial charge in [-0.1, -0.05) is 23.2 Å². The lowest BCUT2D eigenvalue weighted by Crippen LogP contribution is -2.43. The molecule has 3 aromatic rings. The number of carbonyl (C=O) groups is 3. The molecule has 8 nitrogen and oxygen atoms in total. The van der Waals surface area contributed by atoms with Crippen molar-refractivity contribution in [3.05, 3.63) is 86.9 Å². The maximum Gasteiger partial charge on any atom is 0.417 e. The minimum atomic E-state index is -4.88. The van der Waals surface area contributed by atoms with Crippen molar-refractivity contribution in [3.63, 3.8) is 0 Å². The molecule has 0 spiro atoms. The van der Waals surface area contributed by atoms with Crippen LogP contribution in [0.4, 0.5) is 35.0 Å². The molecule has 3 amide bonds. The van der Waals surface area contributed by atoms with Crippen LogP contribution in [0, 0.1) is 11.3 Å². The fraction of sp³-hybridized carbons (Fsp3) is 0.214. The molecule has 212 valence electrons. The van der Waals surface area contributed by atoms with Crippen LogP contribution in [0.3, 0.4) is 0 Å². The number of benzene rings is 3. The number of imide groups is 1.